The maximum absolute atomic E-state index is 12.3. The maximum atomic E-state index is 12.3. The number of ether oxygens (including phenoxy) is 2. The van der Waals surface area contributed by atoms with Crippen LogP contribution in [0.2, 0.25) is 0 Å². The molecular formula is C14H12Br2O14S4. The zero-order valence-corrected chi connectivity index (χ0v) is 22.9. The summed E-state index contributed by atoms with van der Waals surface area (Å²) in [4.78, 5) is -6.34. The quantitative estimate of drug-likeness (QED) is 0.304. The van der Waals surface area contributed by atoms with Gasteiger partial charge in [-0.15, -0.1) is 0 Å². The first-order valence-electron chi connectivity index (χ1n) is 7.89. The van der Waals surface area contributed by atoms with Gasteiger partial charge in [-0.25, -0.2) is 0 Å². The van der Waals surface area contributed by atoms with Gasteiger partial charge in [-0.05, 0) is 44.0 Å². The van der Waals surface area contributed by atoms with Crippen molar-refractivity contribution < 1.29 is 61.4 Å². The van der Waals surface area contributed by atoms with Crippen molar-refractivity contribution in [3.8, 4) is 22.6 Å². The van der Waals surface area contributed by atoms with Crippen LogP contribution in [0, 0.1) is 0 Å². The molecular weight excluding hydrogens is 680 g/mol. The van der Waals surface area contributed by atoms with Crippen LogP contribution in [0.3, 0.4) is 0 Å². The molecule has 2 aromatic carbocycles. The third kappa shape index (κ3) is 5.39. The Morgan fingerprint density at radius 2 is 0.794 bits per heavy atom. The van der Waals surface area contributed by atoms with Crippen LogP contribution in [-0.2, 0) is 40.5 Å². The number of benzene rings is 2. The van der Waals surface area contributed by atoms with Gasteiger partial charge in [-0.2, -0.15) is 33.7 Å². The number of rotatable bonds is 7. The van der Waals surface area contributed by atoms with Crippen molar-refractivity contribution in [3.63, 3.8) is 0 Å². The van der Waals surface area contributed by atoms with Gasteiger partial charge in [0.25, 0.3) is 40.5 Å². The van der Waals surface area contributed by atoms with Crippen LogP contribution in [0.15, 0.2) is 40.7 Å². The predicted molar refractivity (Wildman–Crippen MR) is 120 cm³/mol. The second-order valence-electron chi connectivity index (χ2n) is 6.09. The molecule has 2 aromatic rings. The molecule has 0 radical (unpaired) electrons. The van der Waals surface area contributed by atoms with Crippen molar-refractivity contribution in [1.82, 2.24) is 0 Å². The minimum Gasteiger partial charge on any atom is -0.496 e. The minimum absolute atomic E-state index is 0.678. The van der Waals surface area contributed by atoms with Crippen LogP contribution >= 0.6 is 31.9 Å². The Morgan fingerprint density at radius 1 is 0.559 bits per heavy atom. The van der Waals surface area contributed by atoms with Gasteiger partial charge in [-0.3, -0.25) is 18.2 Å². The van der Waals surface area contributed by atoms with E-state index in [1.807, 2.05) is 0 Å². The molecule has 14 nitrogen and oxygen atoms in total. The minimum atomic E-state index is -5.70. The van der Waals surface area contributed by atoms with Crippen LogP contribution in [0.25, 0.3) is 11.1 Å². The molecule has 190 valence electrons. The number of halogens is 2. The lowest BCUT2D eigenvalue weighted by molar-refractivity contribution is 0.404. The van der Waals surface area contributed by atoms with Gasteiger partial charge in [-0.1, -0.05) is 0 Å². The molecule has 0 aromatic heterocycles. The second-order valence-corrected chi connectivity index (χ2v) is 13.2. The largest absolute Gasteiger partial charge is 0.496 e. The average Bonchev–Trinajstić information content (AvgIpc) is 2.62. The highest BCUT2D eigenvalue weighted by Gasteiger charge is 2.40. The lowest BCUT2D eigenvalue weighted by Crippen LogP contribution is -2.16. The van der Waals surface area contributed by atoms with Crippen LogP contribution < -0.4 is 9.47 Å². The second kappa shape index (κ2) is 9.26. The fourth-order valence-electron chi connectivity index (χ4n) is 2.94. The fourth-order valence-corrected chi connectivity index (χ4v) is 9.40. The molecule has 0 amide bonds. The van der Waals surface area contributed by atoms with Gasteiger partial charge < -0.3 is 9.47 Å². The molecule has 2 rings (SSSR count). The molecule has 0 atom stereocenters. The van der Waals surface area contributed by atoms with Crippen LogP contribution in [0.5, 0.6) is 11.5 Å². The van der Waals surface area contributed by atoms with Gasteiger partial charge in [0, 0.05) is 8.95 Å². The SMILES string of the molecule is COc1cc(Br)c(S(=O)(=O)O)c(S(=O)(=O)O)c1-c1c(OC)cc(Br)c(S(=O)(=O)O)c1S(=O)(=O)O. The lowest BCUT2D eigenvalue weighted by atomic mass is 10.0. The highest BCUT2D eigenvalue weighted by Crippen LogP contribution is 2.51. The van der Waals surface area contributed by atoms with E-state index in [0.29, 0.717) is 0 Å². The average molecular weight is 692 g/mol. The summed E-state index contributed by atoms with van der Waals surface area (Å²) in [6.07, 6.45) is 0. The molecule has 0 saturated heterocycles. The summed E-state index contributed by atoms with van der Waals surface area (Å²) in [7, 11) is -20.6. The Bertz CT molecular complexity index is 1500. The molecule has 0 bridgehead atoms. The molecule has 0 aliphatic carbocycles. The Morgan fingerprint density at radius 3 is 0.971 bits per heavy atom. The highest BCUT2D eigenvalue weighted by molar-refractivity contribution is 9.10. The Hall–Kier alpha value is -1.36. The first-order valence-corrected chi connectivity index (χ1v) is 15.2. The molecule has 0 saturated carbocycles. The molecule has 0 fully saturated rings. The van der Waals surface area contributed by atoms with E-state index in [1.54, 1.807) is 0 Å². The molecule has 34 heavy (non-hydrogen) atoms. The van der Waals surface area contributed by atoms with Crippen molar-refractivity contribution in [1.29, 1.82) is 0 Å². The van der Waals surface area contributed by atoms with Crippen molar-refractivity contribution in [3.05, 3.63) is 21.1 Å². The van der Waals surface area contributed by atoms with Crippen LogP contribution in [0.1, 0.15) is 0 Å². The normalized spacial score (nSPS) is 13.1. The van der Waals surface area contributed by atoms with Gasteiger partial charge >= 0.3 is 0 Å². The summed E-state index contributed by atoms with van der Waals surface area (Å²) in [6, 6.07) is 1.46. The van der Waals surface area contributed by atoms with Gasteiger partial charge in [0.2, 0.25) is 0 Å². The summed E-state index contributed by atoms with van der Waals surface area (Å²) in [5.41, 5.74) is -2.33. The van der Waals surface area contributed by atoms with E-state index in [-0.39, 0.29) is 0 Å². The van der Waals surface area contributed by atoms with Crippen molar-refractivity contribution >= 4 is 72.3 Å². The van der Waals surface area contributed by atoms with E-state index in [1.165, 1.54) is 0 Å². The van der Waals surface area contributed by atoms with E-state index in [4.69, 9.17) is 9.47 Å². The topological polar surface area (TPSA) is 236 Å². The van der Waals surface area contributed by atoms with Gasteiger partial charge in [0.15, 0.2) is 0 Å². The van der Waals surface area contributed by atoms with E-state index in [0.717, 1.165) is 26.4 Å². The fraction of sp³-hybridized carbons (Fsp3) is 0.143. The summed E-state index contributed by atoms with van der Waals surface area (Å²) in [6.45, 7) is 0. The molecule has 0 unspecified atom stereocenters. The van der Waals surface area contributed by atoms with E-state index >= 15 is 0 Å². The van der Waals surface area contributed by atoms with Crippen molar-refractivity contribution in [2.24, 2.45) is 0 Å². The van der Waals surface area contributed by atoms with E-state index in [2.05, 4.69) is 31.9 Å². The molecule has 0 aliphatic rings. The van der Waals surface area contributed by atoms with Crippen molar-refractivity contribution in [2.45, 2.75) is 19.6 Å². The molecule has 0 aliphatic heterocycles. The van der Waals surface area contributed by atoms with E-state index in [9.17, 15) is 51.9 Å². The zero-order chi connectivity index (χ0) is 26.6. The summed E-state index contributed by atoms with van der Waals surface area (Å²) < 4.78 is 145. The Labute approximate surface area is 210 Å². The zero-order valence-electron chi connectivity index (χ0n) is 16.4. The molecule has 0 heterocycles. The number of methoxy groups -OCH3 is 2. The van der Waals surface area contributed by atoms with Crippen molar-refractivity contribution in [2.75, 3.05) is 14.2 Å². The summed E-state index contributed by atoms with van der Waals surface area (Å²) in [5, 5.41) is 0. The van der Waals surface area contributed by atoms with Crippen LogP contribution in [0.4, 0.5) is 0 Å². The molecule has 4 N–H and O–H groups in total. The number of hydrogen-bond acceptors (Lipinski definition) is 10. The lowest BCUT2D eigenvalue weighted by Gasteiger charge is -2.21. The van der Waals surface area contributed by atoms with Gasteiger partial charge in [0.1, 0.15) is 31.1 Å². The highest BCUT2D eigenvalue weighted by atomic mass is 79.9. The maximum Gasteiger partial charge on any atom is 0.297 e. The summed E-state index contributed by atoms with van der Waals surface area (Å²) in [5.74, 6) is -1.42. The van der Waals surface area contributed by atoms with Gasteiger partial charge in [0.05, 0.1) is 25.3 Å². The first-order chi connectivity index (χ1) is 15.2. The third-order valence-corrected chi connectivity index (χ3v) is 9.79. The Kier molecular flexibility index (Phi) is 7.86. The summed E-state index contributed by atoms with van der Waals surface area (Å²) >= 11 is 5.38. The van der Waals surface area contributed by atoms with E-state index < -0.39 is 91.6 Å². The van der Waals surface area contributed by atoms with Crippen LogP contribution in [-0.4, -0.2) is 66.1 Å². The molecule has 0 spiro atoms. The predicted octanol–water partition coefficient (Wildman–Crippen LogP) is 1.88. The molecule has 20 heteroatoms. The monoisotopic (exact) mass is 690 g/mol. The number of hydrogen-bond donors (Lipinski definition) is 4. The first kappa shape index (κ1) is 28.9. The standard InChI is InChI=1S/C14H12Br2O14S4/c1-29-7-3-5(15)11(31(17,18)19)13(33(23,24)25)9(7)10-8(30-2)4-6(16)12(32(20,21)22)14(10)34(26,27)28/h3-4H,1-2H3,(H,17,18,19)(H,20,21,22)(H,23,24,25)(H,26,27,28). The Balaban J connectivity index is 3.59. The third-order valence-electron chi connectivity index (χ3n) is 4.03. The smallest absolute Gasteiger partial charge is 0.297 e.